The van der Waals surface area contributed by atoms with Crippen molar-refractivity contribution in [2.75, 3.05) is 7.05 Å². The van der Waals surface area contributed by atoms with E-state index in [1.54, 1.807) is 20.9 Å². The van der Waals surface area contributed by atoms with Crippen LogP contribution in [-0.2, 0) is 10.0 Å². The van der Waals surface area contributed by atoms with Crippen molar-refractivity contribution < 1.29 is 13.3 Å². The van der Waals surface area contributed by atoms with Crippen LogP contribution in [0, 0.1) is 10.1 Å². The topological polar surface area (TPSA) is 105 Å². The molecule has 1 aliphatic heterocycles. The van der Waals surface area contributed by atoms with Gasteiger partial charge in [0.25, 0.3) is 15.7 Å². The van der Waals surface area contributed by atoms with E-state index in [4.69, 9.17) is 0 Å². The van der Waals surface area contributed by atoms with Crippen LogP contribution in [0.2, 0.25) is 0 Å². The molecule has 20 heavy (non-hydrogen) atoms. The Morgan fingerprint density at radius 2 is 2.05 bits per heavy atom. The van der Waals surface area contributed by atoms with Crippen molar-refractivity contribution in [3.63, 3.8) is 0 Å². The molecule has 8 nitrogen and oxygen atoms in total. The minimum absolute atomic E-state index is 0.149. The van der Waals surface area contributed by atoms with Gasteiger partial charge in [-0.2, -0.15) is 13.5 Å². The van der Waals surface area contributed by atoms with E-state index in [0.717, 1.165) is 11.8 Å². The number of hydrogen-bond donors (Lipinski definition) is 0. The lowest BCUT2D eigenvalue weighted by Gasteiger charge is -2.13. The van der Waals surface area contributed by atoms with Gasteiger partial charge in [0.15, 0.2) is 5.84 Å². The Balaban J connectivity index is 2.59. The number of hydrazone groups is 1. The highest BCUT2D eigenvalue weighted by atomic mass is 32.2. The normalized spacial score (nSPS) is 15.2. The van der Waals surface area contributed by atoms with Crippen LogP contribution in [-0.4, -0.2) is 36.9 Å². The Morgan fingerprint density at radius 3 is 2.60 bits per heavy atom. The molecule has 0 amide bonds. The van der Waals surface area contributed by atoms with Crippen molar-refractivity contribution in [3.8, 4) is 0 Å². The van der Waals surface area contributed by atoms with E-state index in [1.165, 1.54) is 17.1 Å². The summed E-state index contributed by atoms with van der Waals surface area (Å²) in [7, 11) is -2.35. The number of sulfonamides is 1. The molecule has 0 radical (unpaired) electrons. The first-order chi connectivity index (χ1) is 9.22. The molecule has 1 heterocycles. The van der Waals surface area contributed by atoms with Crippen LogP contribution in [0.1, 0.15) is 19.4 Å². The summed E-state index contributed by atoms with van der Waals surface area (Å²) in [6.07, 6.45) is 0. The lowest BCUT2D eigenvalue weighted by molar-refractivity contribution is -0.385. The van der Waals surface area contributed by atoms with E-state index >= 15 is 0 Å². The second kappa shape index (κ2) is 4.67. The molecule has 0 saturated heterocycles. The molecule has 2 rings (SSSR count). The predicted molar refractivity (Wildman–Crippen MR) is 73.4 cm³/mol. The molecular weight excluding hydrogens is 284 g/mol. The molecule has 0 spiro atoms. The molecular formula is C11H12N4O4S. The van der Waals surface area contributed by atoms with Crippen LogP contribution in [0.15, 0.2) is 32.6 Å². The number of benzene rings is 1. The van der Waals surface area contributed by atoms with Gasteiger partial charge >= 0.3 is 0 Å². The number of amidine groups is 1. The van der Waals surface area contributed by atoms with Crippen LogP contribution in [0.3, 0.4) is 0 Å². The van der Waals surface area contributed by atoms with Crippen molar-refractivity contribution in [3.05, 3.63) is 33.9 Å². The summed E-state index contributed by atoms with van der Waals surface area (Å²) in [4.78, 5) is 9.90. The number of fused-ring (bicyclic) bond motifs is 1. The maximum atomic E-state index is 11.9. The number of rotatable bonds is 2. The van der Waals surface area contributed by atoms with Gasteiger partial charge in [-0.3, -0.25) is 10.1 Å². The number of nitrogens with zero attached hydrogens (tertiary/aromatic N) is 4. The molecule has 0 atom stereocenters. The second-order valence-electron chi connectivity index (χ2n) is 4.40. The van der Waals surface area contributed by atoms with E-state index in [2.05, 4.69) is 9.50 Å². The van der Waals surface area contributed by atoms with E-state index in [0.29, 0.717) is 5.56 Å². The Morgan fingerprint density at radius 1 is 1.40 bits per heavy atom. The summed E-state index contributed by atoms with van der Waals surface area (Å²) in [5.74, 6) is 0.149. The Labute approximate surface area is 115 Å². The summed E-state index contributed by atoms with van der Waals surface area (Å²) in [5.41, 5.74) is 0.743. The molecule has 1 aromatic rings. The van der Waals surface area contributed by atoms with Crippen LogP contribution in [0.5, 0.6) is 0 Å². The van der Waals surface area contributed by atoms with E-state index in [9.17, 15) is 18.5 Å². The number of non-ortho nitro benzene ring substituents is 1. The molecule has 0 aromatic heterocycles. The first-order valence-corrected chi connectivity index (χ1v) is 7.05. The highest BCUT2D eigenvalue weighted by Crippen LogP contribution is 2.30. The van der Waals surface area contributed by atoms with Crippen LogP contribution in [0.4, 0.5) is 5.69 Å². The lowest BCUT2D eigenvalue weighted by Crippen LogP contribution is -2.21. The fraction of sp³-hybridized carbons (Fsp3) is 0.273. The minimum atomic E-state index is -3.92. The second-order valence-corrected chi connectivity index (χ2v) is 5.97. The largest absolute Gasteiger partial charge is 0.285 e. The van der Waals surface area contributed by atoms with Gasteiger partial charge in [0.1, 0.15) is 4.90 Å². The zero-order valence-electron chi connectivity index (χ0n) is 11.1. The van der Waals surface area contributed by atoms with Gasteiger partial charge in [-0.25, -0.2) is 5.01 Å². The van der Waals surface area contributed by atoms with Crippen LogP contribution in [0.25, 0.3) is 0 Å². The molecule has 106 valence electrons. The molecule has 0 saturated carbocycles. The minimum Gasteiger partial charge on any atom is -0.258 e. The Bertz CT molecular complexity index is 748. The molecule has 0 N–H and O–H groups in total. The zero-order chi connectivity index (χ0) is 15.1. The first kappa shape index (κ1) is 14.1. The SMILES string of the molecule is CC(C)=NN(C)C1=NS(=O)(=O)c2cc([N+](=O)[O-])ccc21. The average molecular weight is 296 g/mol. The molecule has 9 heteroatoms. The Kier molecular flexibility index (Phi) is 3.30. The van der Waals surface area contributed by atoms with Gasteiger partial charge in [0.2, 0.25) is 0 Å². The fourth-order valence-electron chi connectivity index (χ4n) is 1.82. The first-order valence-electron chi connectivity index (χ1n) is 5.61. The number of hydrogen-bond acceptors (Lipinski definition) is 6. The fourth-order valence-corrected chi connectivity index (χ4v) is 3.07. The summed E-state index contributed by atoms with van der Waals surface area (Å²) in [6, 6.07) is 3.62. The van der Waals surface area contributed by atoms with E-state index < -0.39 is 14.9 Å². The maximum absolute atomic E-state index is 11.9. The summed E-state index contributed by atoms with van der Waals surface area (Å²) in [5, 5.41) is 16.2. The standard InChI is InChI=1S/C11H12N4O4S/c1-7(2)12-14(3)11-9-5-4-8(15(16)17)6-10(9)20(18,19)13-11/h4-6H,1-3H3. The monoisotopic (exact) mass is 296 g/mol. The van der Waals surface area contributed by atoms with Crippen molar-refractivity contribution in [1.29, 1.82) is 0 Å². The lowest BCUT2D eigenvalue weighted by atomic mass is 10.2. The molecule has 1 aliphatic rings. The highest BCUT2D eigenvalue weighted by Gasteiger charge is 2.32. The smallest absolute Gasteiger partial charge is 0.258 e. The molecule has 0 aliphatic carbocycles. The van der Waals surface area contributed by atoms with E-state index in [-0.39, 0.29) is 16.4 Å². The summed E-state index contributed by atoms with van der Waals surface area (Å²) < 4.78 is 27.5. The molecule has 0 fully saturated rings. The van der Waals surface area contributed by atoms with Crippen LogP contribution < -0.4 is 0 Å². The third-order valence-corrected chi connectivity index (χ3v) is 3.86. The molecule has 0 bridgehead atoms. The van der Waals surface area contributed by atoms with Crippen LogP contribution >= 0.6 is 0 Å². The van der Waals surface area contributed by atoms with Gasteiger partial charge in [0.05, 0.1) is 4.92 Å². The molecule has 1 aromatic carbocycles. The highest BCUT2D eigenvalue weighted by molar-refractivity contribution is 7.90. The van der Waals surface area contributed by atoms with Crippen molar-refractivity contribution in [2.45, 2.75) is 18.7 Å². The van der Waals surface area contributed by atoms with Gasteiger partial charge < -0.3 is 0 Å². The van der Waals surface area contributed by atoms with Crippen molar-refractivity contribution in [2.24, 2.45) is 9.50 Å². The molecule has 0 unspecified atom stereocenters. The Hall–Kier alpha value is -2.29. The third-order valence-electron chi connectivity index (χ3n) is 2.56. The van der Waals surface area contributed by atoms with Gasteiger partial charge in [-0.05, 0) is 19.9 Å². The quantitative estimate of drug-likeness (QED) is 0.465. The van der Waals surface area contributed by atoms with Gasteiger partial charge in [-0.15, -0.1) is 4.40 Å². The van der Waals surface area contributed by atoms with Gasteiger partial charge in [-0.1, -0.05) is 0 Å². The number of nitro groups is 1. The third kappa shape index (κ3) is 2.39. The van der Waals surface area contributed by atoms with Crippen molar-refractivity contribution >= 4 is 27.3 Å². The average Bonchev–Trinajstić information content (AvgIpc) is 2.60. The summed E-state index contributed by atoms with van der Waals surface area (Å²) >= 11 is 0. The summed E-state index contributed by atoms with van der Waals surface area (Å²) in [6.45, 7) is 3.52. The maximum Gasteiger partial charge on any atom is 0.285 e. The van der Waals surface area contributed by atoms with E-state index in [1.807, 2.05) is 0 Å². The zero-order valence-corrected chi connectivity index (χ0v) is 11.9. The number of nitro benzene ring substituents is 1. The van der Waals surface area contributed by atoms with Crippen molar-refractivity contribution in [1.82, 2.24) is 5.01 Å². The predicted octanol–water partition coefficient (Wildman–Crippen LogP) is 1.37. The van der Waals surface area contributed by atoms with Gasteiger partial charge in [0, 0.05) is 30.5 Å².